The summed E-state index contributed by atoms with van der Waals surface area (Å²) in [5.41, 5.74) is 7.28. The lowest BCUT2D eigenvalue weighted by atomic mass is 10.1. The predicted molar refractivity (Wildman–Crippen MR) is 69.0 cm³/mol. The topological polar surface area (TPSA) is 84.9 Å². The minimum atomic E-state index is -0.418. The molecular formula is C13H13FN4O. The Morgan fingerprint density at radius 1 is 1.32 bits per heavy atom. The summed E-state index contributed by atoms with van der Waals surface area (Å²) in [4.78, 5) is 0. The number of nitrogen functional groups attached to an aromatic ring is 1. The molecule has 0 unspecified atom stereocenters. The van der Waals surface area contributed by atoms with Crippen LogP contribution in [0.4, 0.5) is 4.39 Å². The van der Waals surface area contributed by atoms with Crippen LogP contribution < -0.4 is 10.5 Å². The number of rotatable bonds is 3. The molecule has 6 heteroatoms. The van der Waals surface area contributed by atoms with Crippen LogP contribution in [0.5, 0.6) is 11.6 Å². The number of aromatic nitrogens is 2. The van der Waals surface area contributed by atoms with Crippen molar-refractivity contribution in [1.29, 1.82) is 5.41 Å². The molecule has 1 aromatic heterocycles. The zero-order chi connectivity index (χ0) is 14.0. The molecule has 0 amide bonds. The lowest BCUT2D eigenvalue weighted by Gasteiger charge is -2.12. The highest BCUT2D eigenvalue weighted by atomic mass is 19.1. The van der Waals surface area contributed by atoms with Gasteiger partial charge in [0.25, 0.3) is 0 Å². The van der Waals surface area contributed by atoms with Crippen LogP contribution in [-0.4, -0.2) is 16.0 Å². The third-order valence-electron chi connectivity index (χ3n) is 2.70. The Morgan fingerprint density at radius 2 is 2.05 bits per heavy atom. The fourth-order valence-electron chi connectivity index (χ4n) is 1.62. The van der Waals surface area contributed by atoms with Crippen LogP contribution in [0.3, 0.4) is 0 Å². The van der Waals surface area contributed by atoms with Crippen molar-refractivity contribution in [2.75, 3.05) is 0 Å². The van der Waals surface area contributed by atoms with E-state index < -0.39 is 5.82 Å². The van der Waals surface area contributed by atoms with Gasteiger partial charge < -0.3 is 10.5 Å². The quantitative estimate of drug-likeness (QED) is 0.655. The molecule has 0 saturated carbocycles. The summed E-state index contributed by atoms with van der Waals surface area (Å²) in [6.07, 6.45) is 0. The molecule has 3 N–H and O–H groups in total. The van der Waals surface area contributed by atoms with Crippen LogP contribution in [-0.2, 0) is 0 Å². The van der Waals surface area contributed by atoms with Crippen molar-refractivity contribution in [1.82, 2.24) is 10.2 Å². The Morgan fingerprint density at radius 3 is 2.68 bits per heavy atom. The van der Waals surface area contributed by atoms with E-state index in [1.807, 2.05) is 0 Å². The maximum Gasteiger partial charge on any atom is 0.250 e. The van der Waals surface area contributed by atoms with Crippen molar-refractivity contribution in [3.8, 4) is 11.6 Å². The number of nitrogens with one attached hydrogen (secondary N) is 1. The van der Waals surface area contributed by atoms with Crippen molar-refractivity contribution in [3.05, 3.63) is 46.9 Å². The Hall–Kier alpha value is -2.50. The molecule has 0 aliphatic heterocycles. The Bertz CT molecular complexity index is 643. The fourth-order valence-corrected chi connectivity index (χ4v) is 1.62. The van der Waals surface area contributed by atoms with Gasteiger partial charge in [-0.3, -0.25) is 5.41 Å². The van der Waals surface area contributed by atoms with E-state index in [1.54, 1.807) is 19.9 Å². The van der Waals surface area contributed by atoms with E-state index >= 15 is 0 Å². The van der Waals surface area contributed by atoms with Crippen molar-refractivity contribution in [2.45, 2.75) is 13.8 Å². The molecule has 2 rings (SSSR count). The van der Waals surface area contributed by atoms with Crippen molar-refractivity contribution >= 4 is 5.84 Å². The van der Waals surface area contributed by atoms with Crippen molar-refractivity contribution in [3.63, 3.8) is 0 Å². The number of benzene rings is 1. The van der Waals surface area contributed by atoms with E-state index in [0.717, 1.165) is 0 Å². The second kappa shape index (κ2) is 5.01. The van der Waals surface area contributed by atoms with Gasteiger partial charge in [0.2, 0.25) is 5.88 Å². The second-order valence-electron chi connectivity index (χ2n) is 4.06. The van der Waals surface area contributed by atoms with E-state index in [0.29, 0.717) is 16.8 Å². The number of nitrogens with zero attached hydrogens (tertiary/aromatic N) is 2. The molecule has 0 spiro atoms. The maximum absolute atomic E-state index is 13.1. The summed E-state index contributed by atoms with van der Waals surface area (Å²) < 4.78 is 18.5. The zero-order valence-corrected chi connectivity index (χ0v) is 10.6. The highest BCUT2D eigenvalue weighted by Crippen LogP contribution is 2.25. The first kappa shape index (κ1) is 12.9. The van der Waals surface area contributed by atoms with Gasteiger partial charge in [0.1, 0.15) is 17.4 Å². The van der Waals surface area contributed by atoms with E-state index in [2.05, 4.69) is 10.2 Å². The third-order valence-corrected chi connectivity index (χ3v) is 2.70. The number of hydrogen-bond acceptors (Lipinski definition) is 4. The maximum atomic E-state index is 13.1. The van der Waals surface area contributed by atoms with Crippen LogP contribution >= 0.6 is 0 Å². The molecule has 0 saturated heterocycles. The second-order valence-corrected chi connectivity index (χ2v) is 4.06. The SMILES string of the molecule is Cc1nnc(Oc2cccc(F)c2)c(C(=N)N)c1C. The number of nitrogens with two attached hydrogens (primary N) is 1. The molecule has 0 atom stereocenters. The van der Waals surface area contributed by atoms with Gasteiger partial charge in [-0.25, -0.2) is 4.39 Å². The molecule has 19 heavy (non-hydrogen) atoms. The summed E-state index contributed by atoms with van der Waals surface area (Å²) >= 11 is 0. The third kappa shape index (κ3) is 2.67. The average Bonchev–Trinajstić information content (AvgIpc) is 2.33. The van der Waals surface area contributed by atoms with Gasteiger partial charge in [-0.15, -0.1) is 5.10 Å². The summed E-state index contributed by atoms with van der Waals surface area (Å²) in [5.74, 6) is -0.207. The van der Waals surface area contributed by atoms with E-state index in [1.165, 1.54) is 18.2 Å². The molecule has 0 bridgehead atoms. The van der Waals surface area contributed by atoms with Gasteiger partial charge in [-0.2, -0.15) is 5.10 Å². The van der Waals surface area contributed by atoms with Gasteiger partial charge in [0.15, 0.2) is 0 Å². The van der Waals surface area contributed by atoms with Gasteiger partial charge in [0.05, 0.1) is 11.3 Å². The number of amidine groups is 1. The largest absolute Gasteiger partial charge is 0.437 e. The lowest BCUT2D eigenvalue weighted by Crippen LogP contribution is -2.16. The highest BCUT2D eigenvalue weighted by Gasteiger charge is 2.15. The van der Waals surface area contributed by atoms with Gasteiger partial charge >= 0.3 is 0 Å². The molecule has 5 nitrogen and oxygen atoms in total. The van der Waals surface area contributed by atoms with Gasteiger partial charge in [-0.05, 0) is 31.5 Å². The van der Waals surface area contributed by atoms with Gasteiger partial charge in [-0.1, -0.05) is 6.07 Å². The predicted octanol–water partition coefficient (Wildman–Crippen LogP) is 2.31. The minimum Gasteiger partial charge on any atom is -0.437 e. The number of ether oxygens (including phenoxy) is 1. The zero-order valence-electron chi connectivity index (χ0n) is 10.6. The highest BCUT2D eigenvalue weighted by molar-refractivity contribution is 5.98. The first-order valence-electron chi connectivity index (χ1n) is 5.60. The van der Waals surface area contributed by atoms with E-state index in [-0.39, 0.29) is 17.5 Å². The van der Waals surface area contributed by atoms with Crippen LogP contribution in [0, 0.1) is 25.1 Å². The van der Waals surface area contributed by atoms with E-state index in [9.17, 15) is 4.39 Å². The Kier molecular flexibility index (Phi) is 3.41. The normalized spacial score (nSPS) is 10.3. The summed E-state index contributed by atoms with van der Waals surface area (Å²) in [6, 6.07) is 5.64. The van der Waals surface area contributed by atoms with Crippen molar-refractivity contribution < 1.29 is 9.13 Å². The van der Waals surface area contributed by atoms with E-state index in [4.69, 9.17) is 15.9 Å². The number of aryl methyl sites for hydroxylation is 1. The van der Waals surface area contributed by atoms with Crippen LogP contribution in [0.1, 0.15) is 16.8 Å². The molecule has 2 aromatic rings. The first-order valence-corrected chi connectivity index (χ1v) is 5.60. The fraction of sp³-hybridized carbons (Fsp3) is 0.154. The van der Waals surface area contributed by atoms with Crippen LogP contribution in [0.2, 0.25) is 0 Å². The molecule has 0 radical (unpaired) electrons. The smallest absolute Gasteiger partial charge is 0.250 e. The summed E-state index contributed by atoms with van der Waals surface area (Å²) in [7, 11) is 0. The molecule has 98 valence electrons. The lowest BCUT2D eigenvalue weighted by molar-refractivity contribution is 0.448. The van der Waals surface area contributed by atoms with Gasteiger partial charge in [0, 0.05) is 6.07 Å². The Balaban J connectivity index is 2.46. The number of halogens is 1. The first-order chi connectivity index (χ1) is 8.99. The number of hydrogen-bond donors (Lipinski definition) is 2. The molecule has 1 aromatic carbocycles. The molecule has 1 heterocycles. The standard InChI is InChI=1S/C13H13FN4O/c1-7-8(2)17-18-13(11(7)12(15)16)19-10-5-3-4-9(14)6-10/h3-6H,1-2H3,(H3,15,16). The average molecular weight is 260 g/mol. The van der Waals surface area contributed by atoms with Crippen LogP contribution in [0.15, 0.2) is 24.3 Å². The summed E-state index contributed by atoms with van der Waals surface area (Å²) in [6.45, 7) is 3.54. The molecule has 0 aliphatic rings. The molecule has 0 aliphatic carbocycles. The van der Waals surface area contributed by atoms with Crippen molar-refractivity contribution in [2.24, 2.45) is 5.73 Å². The summed E-state index contributed by atoms with van der Waals surface area (Å²) in [5, 5.41) is 15.4. The molecular weight excluding hydrogens is 247 g/mol. The minimum absolute atomic E-state index is 0.0983. The van der Waals surface area contributed by atoms with Crippen LogP contribution in [0.25, 0.3) is 0 Å². The monoisotopic (exact) mass is 260 g/mol. The molecule has 0 fully saturated rings. The Labute approximate surface area is 109 Å².